The largest absolute Gasteiger partial charge is 0.0873 e. The molecule has 33 heavy (non-hydrogen) atoms. The lowest BCUT2D eigenvalue weighted by Gasteiger charge is -2.36. The number of allylic oxidation sites excluding steroid dienone is 8. The first-order chi connectivity index (χ1) is 16.1. The van der Waals surface area contributed by atoms with E-state index in [1.807, 2.05) is 0 Å². The van der Waals surface area contributed by atoms with Gasteiger partial charge in [-0.05, 0) is 77.3 Å². The predicted molar refractivity (Wildman–Crippen MR) is 144 cm³/mol. The van der Waals surface area contributed by atoms with Crippen LogP contribution < -0.4 is 0 Å². The minimum atomic E-state index is -0.349. The molecule has 0 aromatic heterocycles. The van der Waals surface area contributed by atoms with Crippen molar-refractivity contribution in [3.8, 4) is 22.3 Å². The number of benzene rings is 3. The molecule has 1 aliphatic carbocycles. The molecule has 1 unspecified atom stereocenters. The van der Waals surface area contributed by atoms with Gasteiger partial charge in [0.25, 0.3) is 0 Å². The van der Waals surface area contributed by atoms with Gasteiger partial charge in [0.05, 0.1) is 5.41 Å². The minimum Gasteiger partial charge on any atom is -0.0873 e. The van der Waals surface area contributed by atoms with Crippen molar-refractivity contribution >= 4 is 0 Å². The molecule has 0 amide bonds. The van der Waals surface area contributed by atoms with Gasteiger partial charge in [0.1, 0.15) is 0 Å². The third kappa shape index (κ3) is 3.85. The summed E-state index contributed by atoms with van der Waals surface area (Å²) in [7, 11) is 0. The molecule has 0 fully saturated rings. The normalized spacial score (nSPS) is 18.4. The van der Waals surface area contributed by atoms with E-state index in [1.54, 1.807) is 0 Å². The summed E-state index contributed by atoms with van der Waals surface area (Å²) in [6, 6.07) is 26.7. The molecule has 1 aliphatic rings. The molecule has 0 spiro atoms. The zero-order chi connectivity index (χ0) is 23.4. The molecule has 166 valence electrons. The Morgan fingerprint density at radius 1 is 0.667 bits per heavy atom. The van der Waals surface area contributed by atoms with Crippen molar-refractivity contribution in [2.45, 2.75) is 40.0 Å². The fraction of sp³-hybridized carbons (Fsp3) is 0.212. The Kier molecular flexibility index (Phi) is 6.65. The van der Waals surface area contributed by atoms with Gasteiger partial charge in [0.2, 0.25) is 0 Å². The first kappa shape index (κ1) is 22.8. The summed E-state index contributed by atoms with van der Waals surface area (Å²) < 4.78 is 0. The monoisotopic (exact) mass is 430 g/mol. The highest BCUT2D eigenvalue weighted by molar-refractivity contribution is 5.89. The van der Waals surface area contributed by atoms with Gasteiger partial charge in [-0.2, -0.15) is 0 Å². The smallest absolute Gasteiger partial charge is 0.0707 e. The van der Waals surface area contributed by atoms with Crippen LogP contribution in [0.25, 0.3) is 22.3 Å². The zero-order valence-corrected chi connectivity index (χ0v) is 20.5. The summed E-state index contributed by atoms with van der Waals surface area (Å²) in [4.78, 5) is 0. The highest BCUT2D eigenvalue weighted by atomic mass is 14.5. The van der Waals surface area contributed by atoms with Gasteiger partial charge >= 0.3 is 0 Å². The van der Waals surface area contributed by atoms with Crippen molar-refractivity contribution < 1.29 is 0 Å². The van der Waals surface area contributed by atoms with Crippen LogP contribution in [-0.2, 0) is 5.41 Å². The fourth-order valence-corrected chi connectivity index (χ4v) is 5.23. The molecule has 3 aromatic carbocycles. The van der Waals surface area contributed by atoms with E-state index in [2.05, 4.69) is 144 Å². The molecule has 0 saturated carbocycles. The maximum Gasteiger partial charge on any atom is 0.0707 e. The summed E-state index contributed by atoms with van der Waals surface area (Å²) in [5.41, 5.74) is 10.2. The average Bonchev–Trinajstić information content (AvgIpc) is 3.14. The van der Waals surface area contributed by atoms with Crippen LogP contribution in [-0.4, -0.2) is 0 Å². The Hall–Kier alpha value is -3.38. The van der Waals surface area contributed by atoms with Crippen molar-refractivity contribution in [1.82, 2.24) is 0 Å². The van der Waals surface area contributed by atoms with Crippen LogP contribution in [0.2, 0.25) is 0 Å². The van der Waals surface area contributed by atoms with Gasteiger partial charge in [0.15, 0.2) is 0 Å². The van der Waals surface area contributed by atoms with E-state index >= 15 is 0 Å². The molecule has 4 rings (SSSR count). The SMILES string of the molecule is C/C=C\C(=C/C)C1(C(/C=C\C(C)C)=C/C)c2ccccc2-c2ccc(-c3ccccc3)cc21. The van der Waals surface area contributed by atoms with Crippen LogP contribution in [0.4, 0.5) is 0 Å². The molecule has 0 nitrogen and oxygen atoms in total. The molecule has 0 aliphatic heterocycles. The topological polar surface area (TPSA) is 0 Å². The van der Waals surface area contributed by atoms with Gasteiger partial charge < -0.3 is 0 Å². The van der Waals surface area contributed by atoms with Gasteiger partial charge in [-0.15, -0.1) is 0 Å². The molecule has 0 radical (unpaired) electrons. The van der Waals surface area contributed by atoms with Gasteiger partial charge in [-0.3, -0.25) is 0 Å². The van der Waals surface area contributed by atoms with Crippen LogP contribution in [0.5, 0.6) is 0 Å². The Morgan fingerprint density at radius 3 is 1.97 bits per heavy atom. The maximum atomic E-state index is 2.42. The zero-order valence-electron chi connectivity index (χ0n) is 20.5. The van der Waals surface area contributed by atoms with E-state index in [9.17, 15) is 0 Å². The molecule has 0 heteroatoms. The highest BCUT2D eigenvalue weighted by Gasteiger charge is 2.46. The second kappa shape index (κ2) is 9.63. The van der Waals surface area contributed by atoms with E-state index < -0.39 is 0 Å². The Bertz CT molecular complexity index is 1250. The number of fused-ring (bicyclic) bond motifs is 3. The Labute approximate surface area is 199 Å². The summed E-state index contributed by atoms with van der Waals surface area (Å²) in [6.45, 7) is 10.9. The fourth-order valence-electron chi connectivity index (χ4n) is 5.23. The summed E-state index contributed by atoms with van der Waals surface area (Å²) in [5, 5.41) is 0. The number of hydrogen-bond acceptors (Lipinski definition) is 0. The first-order valence-corrected chi connectivity index (χ1v) is 12.0. The van der Waals surface area contributed by atoms with Crippen LogP contribution in [0.3, 0.4) is 0 Å². The van der Waals surface area contributed by atoms with Gasteiger partial charge in [0, 0.05) is 0 Å². The standard InChI is InChI=1S/C33H34/c1-6-14-27(7-2)33(28(8-3)21-19-24(4)5)31-18-13-12-17-29(31)30-22-20-26(23-32(30)33)25-15-10-9-11-16-25/h6-24H,1-5H3/b14-6-,21-19-,27-7+,28-8+. The summed E-state index contributed by atoms with van der Waals surface area (Å²) >= 11 is 0. The third-order valence-electron chi connectivity index (χ3n) is 6.65. The third-order valence-corrected chi connectivity index (χ3v) is 6.65. The molecule has 0 bridgehead atoms. The average molecular weight is 431 g/mol. The van der Waals surface area contributed by atoms with Crippen LogP contribution in [0, 0.1) is 5.92 Å². The lowest BCUT2D eigenvalue weighted by atomic mass is 9.66. The van der Waals surface area contributed by atoms with E-state index in [0.29, 0.717) is 5.92 Å². The van der Waals surface area contributed by atoms with E-state index in [-0.39, 0.29) is 5.41 Å². The molecule has 3 aromatic rings. The van der Waals surface area contributed by atoms with Crippen LogP contribution in [0.1, 0.15) is 45.7 Å². The predicted octanol–water partition coefficient (Wildman–Crippen LogP) is 9.30. The second-order valence-corrected chi connectivity index (χ2v) is 9.01. The molecule has 0 heterocycles. The summed E-state index contributed by atoms with van der Waals surface area (Å²) in [6.07, 6.45) is 13.7. The highest BCUT2D eigenvalue weighted by Crippen LogP contribution is 2.57. The molecular weight excluding hydrogens is 396 g/mol. The lowest BCUT2D eigenvalue weighted by molar-refractivity contribution is 0.755. The van der Waals surface area contributed by atoms with Crippen molar-refractivity contribution in [2.75, 3.05) is 0 Å². The Morgan fingerprint density at radius 2 is 1.30 bits per heavy atom. The Balaban J connectivity index is 2.12. The van der Waals surface area contributed by atoms with Crippen molar-refractivity contribution in [1.29, 1.82) is 0 Å². The van der Waals surface area contributed by atoms with E-state index in [1.165, 1.54) is 44.5 Å². The molecule has 0 saturated heterocycles. The molecular formula is C33H34. The maximum absolute atomic E-state index is 2.42. The van der Waals surface area contributed by atoms with Crippen molar-refractivity contribution in [2.24, 2.45) is 5.92 Å². The quantitative estimate of drug-likeness (QED) is 0.342. The van der Waals surface area contributed by atoms with Crippen molar-refractivity contribution in [3.63, 3.8) is 0 Å². The first-order valence-electron chi connectivity index (χ1n) is 12.0. The summed E-state index contributed by atoms with van der Waals surface area (Å²) in [5.74, 6) is 0.486. The van der Waals surface area contributed by atoms with E-state index in [4.69, 9.17) is 0 Å². The van der Waals surface area contributed by atoms with Crippen LogP contribution in [0.15, 0.2) is 120 Å². The van der Waals surface area contributed by atoms with Crippen LogP contribution >= 0.6 is 0 Å². The second-order valence-electron chi connectivity index (χ2n) is 9.01. The molecule has 0 N–H and O–H groups in total. The van der Waals surface area contributed by atoms with Gasteiger partial charge in [-0.25, -0.2) is 0 Å². The van der Waals surface area contributed by atoms with Gasteiger partial charge in [-0.1, -0.05) is 117 Å². The number of rotatable bonds is 6. The minimum absolute atomic E-state index is 0.349. The molecule has 1 atom stereocenters. The number of hydrogen-bond donors (Lipinski definition) is 0. The lowest BCUT2D eigenvalue weighted by Crippen LogP contribution is -2.29. The van der Waals surface area contributed by atoms with E-state index in [0.717, 1.165) is 0 Å². The van der Waals surface area contributed by atoms with Crippen molar-refractivity contribution in [3.05, 3.63) is 132 Å².